The second-order valence-corrected chi connectivity index (χ2v) is 4.36. The van der Waals surface area contributed by atoms with Crippen LogP contribution in [0.25, 0.3) is 11.1 Å². The van der Waals surface area contributed by atoms with Crippen molar-refractivity contribution in [3.63, 3.8) is 0 Å². The van der Waals surface area contributed by atoms with Gasteiger partial charge in [0, 0.05) is 0 Å². The van der Waals surface area contributed by atoms with E-state index in [1.807, 2.05) is 43.3 Å². The molecule has 0 fully saturated rings. The van der Waals surface area contributed by atoms with Gasteiger partial charge in [-0.15, -0.1) is 0 Å². The second-order valence-electron chi connectivity index (χ2n) is 4.36. The van der Waals surface area contributed by atoms with Crippen molar-refractivity contribution in [2.75, 3.05) is 5.73 Å². The molecule has 2 aromatic carbocycles. The summed E-state index contributed by atoms with van der Waals surface area (Å²) in [6.07, 6.45) is 0. The van der Waals surface area contributed by atoms with Crippen LogP contribution in [-0.4, -0.2) is 4.98 Å². The first-order chi connectivity index (χ1) is 9.24. The van der Waals surface area contributed by atoms with Crippen LogP contribution in [0.5, 0.6) is 5.75 Å². The molecule has 3 aromatic rings. The van der Waals surface area contributed by atoms with Crippen molar-refractivity contribution >= 4 is 16.8 Å². The Morgan fingerprint density at radius 3 is 2.79 bits per heavy atom. The molecule has 0 bridgehead atoms. The lowest BCUT2D eigenvalue weighted by molar-refractivity contribution is 0.265. The molecule has 1 aromatic heterocycles. The standard InChI is InChI=1S/C15H14N2O2/c1-10-5-2-3-8-13(10)18-9-14-17-12-7-4-6-11(16)15(12)19-14/h2-8H,9,16H2,1H3. The summed E-state index contributed by atoms with van der Waals surface area (Å²) in [4.78, 5) is 4.35. The molecule has 0 aliphatic rings. The van der Waals surface area contributed by atoms with Gasteiger partial charge in [-0.25, -0.2) is 4.98 Å². The number of anilines is 1. The van der Waals surface area contributed by atoms with Crippen LogP contribution in [-0.2, 0) is 6.61 Å². The zero-order valence-corrected chi connectivity index (χ0v) is 10.6. The maximum atomic E-state index is 5.83. The Balaban J connectivity index is 1.83. The molecule has 0 radical (unpaired) electrons. The molecule has 1 heterocycles. The fourth-order valence-corrected chi connectivity index (χ4v) is 1.94. The molecule has 4 heteroatoms. The van der Waals surface area contributed by atoms with Crippen LogP contribution in [0.2, 0.25) is 0 Å². The highest BCUT2D eigenvalue weighted by Gasteiger charge is 2.09. The summed E-state index contributed by atoms with van der Waals surface area (Å²) in [5.41, 5.74) is 8.87. The zero-order valence-electron chi connectivity index (χ0n) is 10.6. The average Bonchev–Trinajstić information content (AvgIpc) is 2.82. The molecule has 0 unspecified atom stereocenters. The van der Waals surface area contributed by atoms with Crippen LogP contribution in [0.3, 0.4) is 0 Å². The molecule has 0 aliphatic heterocycles. The van der Waals surface area contributed by atoms with Crippen LogP contribution in [0.4, 0.5) is 5.69 Å². The number of nitrogens with zero attached hydrogens (tertiary/aromatic N) is 1. The minimum atomic E-state index is 0.291. The van der Waals surface area contributed by atoms with Gasteiger partial charge in [-0.05, 0) is 30.7 Å². The highest BCUT2D eigenvalue weighted by Crippen LogP contribution is 2.23. The Morgan fingerprint density at radius 1 is 1.16 bits per heavy atom. The fraction of sp³-hybridized carbons (Fsp3) is 0.133. The van der Waals surface area contributed by atoms with Crippen LogP contribution < -0.4 is 10.5 Å². The van der Waals surface area contributed by atoms with E-state index in [9.17, 15) is 0 Å². The molecule has 4 nitrogen and oxygen atoms in total. The SMILES string of the molecule is Cc1ccccc1OCc1nc2cccc(N)c2o1. The van der Waals surface area contributed by atoms with Gasteiger partial charge in [0.25, 0.3) is 0 Å². The van der Waals surface area contributed by atoms with E-state index < -0.39 is 0 Å². The smallest absolute Gasteiger partial charge is 0.233 e. The molecule has 19 heavy (non-hydrogen) atoms. The molecular weight excluding hydrogens is 240 g/mol. The maximum absolute atomic E-state index is 5.83. The molecule has 3 rings (SSSR count). The predicted octanol–water partition coefficient (Wildman–Crippen LogP) is 3.30. The summed E-state index contributed by atoms with van der Waals surface area (Å²) < 4.78 is 11.3. The third-order valence-corrected chi connectivity index (χ3v) is 2.93. The largest absolute Gasteiger partial charge is 0.484 e. The number of oxazole rings is 1. The van der Waals surface area contributed by atoms with Crippen molar-refractivity contribution in [2.45, 2.75) is 13.5 Å². The minimum absolute atomic E-state index is 0.291. The lowest BCUT2D eigenvalue weighted by Gasteiger charge is -2.05. The monoisotopic (exact) mass is 254 g/mol. The van der Waals surface area contributed by atoms with Gasteiger partial charge in [-0.3, -0.25) is 0 Å². The van der Waals surface area contributed by atoms with Gasteiger partial charge in [-0.2, -0.15) is 0 Å². The summed E-state index contributed by atoms with van der Waals surface area (Å²) >= 11 is 0. The van der Waals surface area contributed by atoms with E-state index in [4.69, 9.17) is 14.9 Å². The quantitative estimate of drug-likeness (QED) is 0.728. The number of nitrogen functional groups attached to an aromatic ring is 1. The maximum Gasteiger partial charge on any atom is 0.233 e. The number of benzene rings is 2. The van der Waals surface area contributed by atoms with E-state index in [1.54, 1.807) is 6.07 Å². The topological polar surface area (TPSA) is 61.3 Å². The van der Waals surface area contributed by atoms with E-state index in [1.165, 1.54) is 0 Å². The Morgan fingerprint density at radius 2 is 2.00 bits per heavy atom. The summed E-state index contributed by atoms with van der Waals surface area (Å²) in [5, 5.41) is 0. The van der Waals surface area contributed by atoms with E-state index in [0.29, 0.717) is 23.8 Å². The second kappa shape index (κ2) is 4.65. The number of hydrogen-bond acceptors (Lipinski definition) is 4. The lowest BCUT2D eigenvalue weighted by atomic mass is 10.2. The van der Waals surface area contributed by atoms with Gasteiger partial charge in [0.1, 0.15) is 11.3 Å². The molecule has 2 N–H and O–H groups in total. The molecule has 0 atom stereocenters. The molecule has 0 spiro atoms. The van der Waals surface area contributed by atoms with E-state index in [2.05, 4.69) is 4.98 Å². The number of para-hydroxylation sites is 2. The number of aryl methyl sites for hydroxylation is 1. The van der Waals surface area contributed by atoms with E-state index in [-0.39, 0.29) is 0 Å². The van der Waals surface area contributed by atoms with Crippen molar-refractivity contribution < 1.29 is 9.15 Å². The first-order valence-electron chi connectivity index (χ1n) is 6.06. The first kappa shape index (κ1) is 11.6. The lowest BCUT2D eigenvalue weighted by Crippen LogP contribution is -1.96. The van der Waals surface area contributed by atoms with Crippen molar-refractivity contribution in [1.29, 1.82) is 0 Å². The minimum Gasteiger partial charge on any atom is -0.484 e. The molecule has 0 saturated carbocycles. The summed E-state index contributed by atoms with van der Waals surface area (Å²) in [5.74, 6) is 1.36. The number of rotatable bonds is 3. The summed E-state index contributed by atoms with van der Waals surface area (Å²) in [6.45, 7) is 2.29. The van der Waals surface area contributed by atoms with Gasteiger partial charge in [0.2, 0.25) is 5.89 Å². The van der Waals surface area contributed by atoms with Crippen LogP contribution in [0, 0.1) is 6.92 Å². The average molecular weight is 254 g/mol. The highest BCUT2D eigenvalue weighted by molar-refractivity contribution is 5.84. The third kappa shape index (κ3) is 2.25. The Labute approximate surface area is 110 Å². The van der Waals surface area contributed by atoms with Crippen molar-refractivity contribution in [3.8, 4) is 5.75 Å². The normalized spacial score (nSPS) is 10.8. The molecule has 96 valence electrons. The number of aromatic nitrogens is 1. The zero-order chi connectivity index (χ0) is 13.2. The third-order valence-electron chi connectivity index (χ3n) is 2.93. The number of hydrogen-bond donors (Lipinski definition) is 1. The summed E-state index contributed by atoms with van der Waals surface area (Å²) in [7, 11) is 0. The van der Waals surface area contributed by atoms with Crippen molar-refractivity contribution in [2.24, 2.45) is 0 Å². The van der Waals surface area contributed by atoms with Crippen LogP contribution >= 0.6 is 0 Å². The van der Waals surface area contributed by atoms with Gasteiger partial charge in [0.05, 0.1) is 5.69 Å². The molecule has 0 aliphatic carbocycles. The number of fused-ring (bicyclic) bond motifs is 1. The number of ether oxygens (including phenoxy) is 1. The number of nitrogens with two attached hydrogens (primary N) is 1. The van der Waals surface area contributed by atoms with Crippen LogP contribution in [0.15, 0.2) is 46.9 Å². The first-order valence-corrected chi connectivity index (χ1v) is 6.06. The van der Waals surface area contributed by atoms with Crippen LogP contribution in [0.1, 0.15) is 11.5 Å². The van der Waals surface area contributed by atoms with Gasteiger partial charge in [-0.1, -0.05) is 24.3 Å². The van der Waals surface area contributed by atoms with E-state index >= 15 is 0 Å². The molecule has 0 saturated heterocycles. The highest BCUT2D eigenvalue weighted by atomic mass is 16.5. The Hall–Kier alpha value is -2.49. The van der Waals surface area contributed by atoms with Crippen molar-refractivity contribution in [3.05, 3.63) is 53.9 Å². The Bertz CT molecular complexity index is 719. The van der Waals surface area contributed by atoms with Crippen molar-refractivity contribution in [1.82, 2.24) is 4.98 Å². The van der Waals surface area contributed by atoms with Gasteiger partial charge in [0.15, 0.2) is 12.2 Å². The van der Waals surface area contributed by atoms with Gasteiger partial charge >= 0.3 is 0 Å². The van der Waals surface area contributed by atoms with E-state index in [0.717, 1.165) is 16.8 Å². The molecule has 0 amide bonds. The molecular formula is C15H14N2O2. The Kier molecular flexibility index (Phi) is 2.83. The summed E-state index contributed by atoms with van der Waals surface area (Å²) in [6, 6.07) is 13.3. The van der Waals surface area contributed by atoms with Gasteiger partial charge < -0.3 is 14.9 Å². The fourth-order valence-electron chi connectivity index (χ4n) is 1.94. The predicted molar refractivity (Wildman–Crippen MR) is 73.9 cm³/mol.